The number of anilines is 1. The molecule has 0 spiro atoms. The molecule has 11 heteroatoms. The van der Waals surface area contributed by atoms with Crippen LogP contribution in [0.3, 0.4) is 0 Å². The Balaban J connectivity index is 1.76. The summed E-state index contributed by atoms with van der Waals surface area (Å²) >= 11 is 5.88. The second-order valence-corrected chi connectivity index (χ2v) is 6.20. The van der Waals surface area contributed by atoms with Crippen molar-refractivity contribution in [2.24, 2.45) is 0 Å². The third-order valence-electron chi connectivity index (χ3n) is 3.85. The summed E-state index contributed by atoms with van der Waals surface area (Å²) in [7, 11) is 0. The van der Waals surface area contributed by atoms with Crippen LogP contribution in [0.5, 0.6) is 0 Å². The molecule has 0 aliphatic heterocycles. The highest BCUT2D eigenvalue weighted by atomic mass is 35.5. The molecule has 0 atom stereocenters. The summed E-state index contributed by atoms with van der Waals surface area (Å²) < 4.78 is 39.2. The second kappa shape index (κ2) is 7.03. The molecule has 0 radical (unpaired) electrons. The number of aromatic amines is 1. The van der Waals surface area contributed by atoms with Crippen molar-refractivity contribution in [3.8, 4) is 5.69 Å². The Bertz CT molecular complexity index is 977. The Labute approximate surface area is 156 Å². The van der Waals surface area contributed by atoms with Gasteiger partial charge in [0, 0.05) is 16.3 Å². The van der Waals surface area contributed by atoms with Gasteiger partial charge >= 0.3 is 6.18 Å². The molecule has 0 aliphatic rings. The van der Waals surface area contributed by atoms with E-state index in [1.54, 1.807) is 47.9 Å². The molecule has 142 valence electrons. The monoisotopic (exact) mass is 398 g/mol. The van der Waals surface area contributed by atoms with Crippen LogP contribution >= 0.6 is 11.6 Å². The largest absolute Gasteiger partial charge is 0.451 e. The minimum atomic E-state index is -4.66. The summed E-state index contributed by atoms with van der Waals surface area (Å²) in [6.45, 7) is 3.54. The molecule has 0 fully saturated rings. The molecule has 1 aromatic carbocycles. The number of halogens is 4. The number of nitrogens with zero attached hydrogens (tertiary/aromatic N) is 4. The SMILES string of the molecule is Cc1nn(-c2ccc(Cl)cc2)c(C)c1CC(=O)Nc1n[nH]c(C(F)(F)F)n1. The molecule has 1 amide bonds. The zero-order valence-electron chi connectivity index (χ0n) is 14.2. The van der Waals surface area contributed by atoms with Crippen molar-refractivity contribution in [3.05, 3.63) is 52.1 Å². The first-order chi connectivity index (χ1) is 12.6. The number of nitrogens with one attached hydrogen (secondary N) is 2. The van der Waals surface area contributed by atoms with Crippen LogP contribution < -0.4 is 5.32 Å². The van der Waals surface area contributed by atoms with E-state index in [1.807, 2.05) is 0 Å². The van der Waals surface area contributed by atoms with Gasteiger partial charge in [-0.15, -0.1) is 5.10 Å². The van der Waals surface area contributed by atoms with Gasteiger partial charge in [-0.05, 0) is 38.1 Å². The van der Waals surface area contributed by atoms with Crippen molar-refractivity contribution in [2.45, 2.75) is 26.4 Å². The Hall–Kier alpha value is -2.88. The van der Waals surface area contributed by atoms with Gasteiger partial charge in [-0.3, -0.25) is 15.2 Å². The van der Waals surface area contributed by atoms with Gasteiger partial charge in [0.15, 0.2) is 0 Å². The molecular weight excluding hydrogens is 385 g/mol. The first-order valence-corrected chi connectivity index (χ1v) is 8.13. The van der Waals surface area contributed by atoms with E-state index in [-0.39, 0.29) is 6.42 Å². The molecule has 3 rings (SSSR count). The van der Waals surface area contributed by atoms with Gasteiger partial charge < -0.3 is 0 Å². The van der Waals surface area contributed by atoms with Crippen molar-refractivity contribution in [2.75, 3.05) is 5.32 Å². The van der Waals surface area contributed by atoms with Gasteiger partial charge in [0.1, 0.15) is 0 Å². The summed E-state index contributed by atoms with van der Waals surface area (Å²) in [6, 6.07) is 7.03. The number of alkyl halides is 3. The molecule has 0 aliphatic carbocycles. The average molecular weight is 399 g/mol. The maximum atomic E-state index is 12.5. The number of hydrogen-bond donors (Lipinski definition) is 2. The van der Waals surface area contributed by atoms with Gasteiger partial charge in [-0.2, -0.15) is 23.3 Å². The highest BCUT2D eigenvalue weighted by molar-refractivity contribution is 6.30. The highest BCUT2D eigenvalue weighted by Gasteiger charge is 2.35. The molecule has 0 saturated carbocycles. The smallest absolute Gasteiger partial charge is 0.293 e. The molecule has 2 aromatic heterocycles. The lowest BCUT2D eigenvalue weighted by molar-refractivity contribution is -0.144. The van der Waals surface area contributed by atoms with E-state index >= 15 is 0 Å². The Morgan fingerprint density at radius 1 is 1.26 bits per heavy atom. The molecule has 0 saturated heterocycles. The van der Waals surface area contributed by atoms with E-state index in [4.69, 9.17) is 11.6 Å². The van der Waals surface area contributed by atoms with Crippen LogP contribution in [0.25, 0.3) is 5.69 Å². The molecule has 27 heavy (non-hydrogen) atoms. The van der Waals surface area contributed by atoms with E-state index in [0.29, 0.717) is 16.3 Å². The van der Waals surface area contributed by atoms with E-state index in [2.05, 4.69) is 20.5 Å². The molecule has 0 unspecified atom stereocenters. The second-order valence-electron chi connectivity index (χ2n) is 5.77. The topological polar surface area (TPSA) is 88.5 Å². The fourth-order valence-corrected chi connectivity index (χ4v) is 2.66. The van der Waals surface area contributed by atoms with E-state index in [9.17, 15) is 18.0 Å². The van der Waals surface area contributed by atoms with Crippen LogP contribution in [0.2, 0.25) is 5.02 Å². The number of benzene rings is 1. The predicted molar refractivity (Wildman–Crippen MR) is 91.8 cm³/mol. The van der Waals surface area contributed by atoms with Crippen LogP contribution in [0.1, 0.15) is 22.8 Å². The fraction of sp³-hybridized carbons (Fsp3) is 0.250. The van der Waals surface area contributed by atoms with Gasteiger partial charge in [0.2, 0.25) is 17.7 Å². The number of rotatable bonds is 4. The summed E-state index contributed by atoms with van der Waals surface area (Å²) in [5.74, 6) is -2.27. The van der Waals surface area contributed by atoms with Crippen molar-refractivity contribution in [1.82, 2.24) is 25.0 Å². The highest BCUT2D eigenvalue weighted by Crippen LogP contribution is 2.26. The van der Waals surface area contributed by atoms with Gasteiger partial charge in [0.05, 0.1) is 17.8 Å². The van der Waals surface area contributed by atoms with Crippen LogP contribution in [0, 0.1) is 13.8 Å². The summed E-state index contributed by atoms with van der Waals surface area (Å²) in [5, 5.41) is 12.3. The Morgan fingerprint density at radius 3 is 2.52 bits per heavy atom. The number of carbonyl (C=O) groups excluding carboxylic acids is 1. The number of amides is 1. The lowest BCUT2D eigenvalue weighted by atomic mass is 10.1. The number of carbonyl (C=O) groups is 1. The first-order valence-electron chi connectivity index (χ1n) is 7.75. The maximum Gasteiger partial charge on any atom is 0.451 e. The lowest BCUT2D eigenvalue weighted by Gasteiger charge is -2.06. The number of H-pyrrole nitrogens is 1. The summed E-state index contributed by atoms with van der Waals surface area (Å²) in [5.41, 5.74) is 2.80. The van der Waals surface area contributed by atoms with Crippen LogP contribution in [-0.2, 0) is 17.4 Å². The number of hydrogen-bond acceptors (Lipinski definition) is 4. The van der Waals surface area contributed by atoms with Gasteiger partial charge in [-0.1, -0.05) is 11.6 Å². The van der Waals surface area contributed by atoms with Gasteiger partial charge in [-0.25, -0.2) is 4.68 Å². The van der Waals surface area contributed by atoms with E-state index in [1.165, 1.54) is 0 Å². The number of aromatic nitrogens is 5. The fourth-order valence-electron chi connectivity index (χ4n) is 2.54. The molecule has 2 heterocycles. The quantitative estimate of drug-likeness (QED) is 0.704. The normalized spacial score (nSPS) is 11.6. The lowest BCUT2D eigenvalue weighted by Crippen LogP contribution is -2.16. The zero-order valence-corrected chi connectivity index (χ0v) is 15.0. The van der Waals surface area contributed by atoms with Crippen LogP contribution in [0.15, 0.2) is 24.3 Å². The molecule has 2 N–H and O–H groups in total. The van der Waals surface area contributed by atoms with Crippen molar-refractivity contribution < 1.29 is 18.0 Å². The first kappa shape index (κ1) is 18.9. The maximum absolute atomic E-state index is 12.5. The Kier molecular flexibility index (Phi) is 4.92. The minimum absolute atomic E-state index is 0.0822. The summed E-state index contributed by atoms with van der Waals surface area (Å²) in [4.78, 5) is 15.4. The van der Waals surface area contributed by atoms with E-state index < -0.39 is 23.9 Å². The number of aryl methyl sites for hydroxylation is 1. The minimum Gasteiger partial charge on any atom is -0.293 e. The third-order valence-corrected chi connectivity index (χ3v) is 4.11. The molecule has 3 aromatic rings. The Morgan fingerprint density at radius 2 is 1.93 bits per heavy atom. The molecule has 7 nitrogen and oxygen atoms in total. The standard InChI is InChI=1S/C16H14ClF3N6O/c1-8-12(9(2)26(25-8)11-5-3-10(17)4-6-11)7-13(27)21-15-22-14(23-24-15)16(18,19)20/h3-6H,7H2,1-2H3,(H2,21,22,23,24,27). The summed E-state index contributed by atoms with van der Waals surface area (Å²) in [6.07, 6.45) is -4.75. The predicted octanol–water partition coefficient (Wildman–Crippen LogP) is 3.46. The van der Waals surface area contributed by atoms with Crippen molar-refractivity contribution in [1.29, 1.82) is 0 Å². The van der Waals surface area contributed by atoms with Crippen molar-refractivity contribution >= 4 is 23.5 Å². The van der Waals surface area contributed by atoms with Gasteiger partial charge in [0.25, 0.3) is 0 Å². The van der Waals surface area contributed by atoms with Crippen molar-refractivity contribution in [3.63, 3.8) is 0 Å². The zero-order chi connectivity index (χ0) is 19.8. The third kappa shape index (κ3) is 4.11. The van der Waals surface area contributed by atoms with Crippen LogP contribution in [0.4, 0.5) is 19.1 Å². The van der Waals surface area contributed by atoms with E-state index in [0.717, 1.165) is 11.4 Å². The average Bonchev–Trinajstić information content (AvgIpc) is 3.16. The molecule has 0 bridgehead atoms. The molecular formula is C16H14ClF3N6O. The van der Waals surface area contributed by atoms with Crippen LogP contribution in [-0.4, -0.2) is 30.9 Å².